The number of nitrogens with zero attached hydrogens (tertiary/aromatic N) is 2. The molecule has 3 rings (SSSR count). The Kier molecular flexibility index (Phi) is 2.44. The van der Waals surface area contributed by atoms with Crippen molar-refractivity contribution in [3.8, 4) is 11.3 Å². The number of fused-ring (bicyclic) bond motifs is 1. The minimum atomic E-state index is 1.02. The highest BCUT2D eigenvalue weighted by molar-refractivity contribution is 5.65. The molecule has 18 heavy (non-hydrogen) atoms. The van der Waals surface area contributed by atoms with Crippen molar-refractivity contribution in [2.24, 2.45) is 0 Å². The Morgan fingerprint density at radius 1 is 0.944 bits per heavy atom. The number of aryl methyl sites for hydroxylation is 3. The first kappa shape index (κ1) is 11.0. The van der Waals surface area contributed by atoms with Crippen LogP contribution in [0.2, 0.25) is 0 Å². The third kappa shape index (κ3) is 1.70. The highest BCUT2D eigenvalue weighted by atomic mass is 15.0. The van der Waals surface area contributed by atoms with Crippen LogP contribution in [-0.2, 0) is 0 Å². The van der Waals surface area contributed by atoms with E-state index in [1.807, 2.05) is 6.20 Å². The van der Waals surface area contributed by atoms with E-state index in [9.17, 15) is 0 Å². The largest absolute Gasteiger partial charge is 0.297 e. The number of aromatic nitrogens is 2. The van der Waals surface area contributed by atoms with Crippen LogP contribution < -0.4 is 0 Å². The summed E-state index contributed by atoms with van der Waals surface area (Å²) in [4.78, 5) is 4.51. The van der Waals surface area contributed by atoms with E-state index < -0.39 is 0 Å². The van der Waals surface area contributed by atoms with Crippen molar-refractivity contribution in [3.63, 3.8) is 0 Å². The van der Waals surface area contributed by atoms with Gasteiger partial charge in [0.1, 0.15) is 5.65 Å². The molecule has 0 saturated carbocycles. The molecule has 0 aliphatic rings. The summed E-state index contributed by atoms with van der Waals surface area (Å²) >= 11 is 0. The first-order chi connectivity index (χ1) is 8.65. The average molecular weight is 236 g/mol. The molecule has 0 fully saturated rings. The number of hydrogen-bond donors (Lipinski definition) is 0. The molecule has 2 aromatic heterocycles. The Bertz CT molecular complexity index is 723. The smallest absolute Gasteiger partial charge is 0.137 e. The fraction of sp³-hybridized carbons (Fsp3) is 0.188. The van der Waals surface area contributed by atoms with Gasteiger partial charge in [-0.25, -0.2) is 4.98 Å². The maximum atomic E-state index is 4.51. The van der Waals surface area contributed by atoms with Gasteiger partial charge < -0.3 is 0 Å². The molecule has 0 amide bonds. The molecule has 0 aliphatic carbocycles. The van der Waals surface area contributed by atoms with Gasteiger partial charge in [-0.05, 0) is 44.5 Å². The molecular weight excluding hydrogens is 220 g/mol. The van der Waals surface area contributed by atoms with E-state index in [1.54, 1.807) is 0 Å². The minimum Gasteiger partial charge on any atom is -0.297 e. The van der Waals surface area contributed by atoms with Crippen LogP contribution >= 0.6 is 0 Å². The fourth-order valence-corrected chi connectivity index (χ4v) is 2.49. The molecule has 2 heteroatoms. The van der Waals surface area contributed by atoms with Crippen molar-refractivity contribution in [1.29, 1.82) is 0 Å². The Morgan fingerprint density at radius 3 is 2.56 bits per heavy atom. The monoisotopic (exact) mass is 236 g/mol. The van der Waals surface area contributed by atoms with Crippen molar-refractivity contribution in [1.82, 2.24) is 9.38 Å². The van der Waals surface area contributed by atoms with Crippen LogP contribution in [0.1, 0.15) is 16.8 Å². The van der Waals surface area contributed by atoms with Crippen LogP contribution in [0.15, 0.2) is 42.6 Å². The van der Waals surface area contributed by atoms with Crippen LogP contribution in [0.5, 0.6) is 0 Å². The predicted octanol–water partition coefficient (Wildman–Crippen LogP) is 3.93. The van der Waals surface area contributed by atoms with Crippen LogP contribution in [0.3, 0.4) is 0 Å². The summed E-state index contributed by atoms with van der Waals surface area (Å²) in [5.41, 5.74) is 7.14. The molecule has 0 N–H and O–H groups in total. The molecule has 0 radical (unpaired) electrons. The molecule has 3 aromatic rings. The standard InChI is InChI=1S/C16H16N2/c1-11-5-4-6-14(8-11)15-10-17-16-9-12(2)7-13(3)18(15)16/h4-10H,1-3H3. The molecule has 0 bridgehead atoms. The third-order valence-corrected chi connectivity index (χ3v) is 3.25. The van der Waals surface area contributed by atoms with Gasteiger partial charge in [-0.2, -0.15) is 0 Å². The Morgan fingerprint density at radius 2 is 1.78 bits per heavy atom. The second-order valence-corrected chi connectivity index (χ2v) is 4.88. The van der Waals surface area contributed by atoms with Gasteiger partial charge in [0.2, 0.25) is 0 Å². The summed E-state index contributed by atoms with van der Waals surface area (Å²) in [7, 11) is 0. The van der Waals surface area contributed by atoms with E-state index in [-0.39, 0.29) is 0 Å². The summed E-state index contributed by atoms with van der Waals surface area (Å²) in [5.74, 6) is 0. The van der Waals surface area contributed by atoms with Crippen molar-refractivity contribution in [3.05, 3.63) is 59.4 Å². The van der Waals surface area contributed by atoms with E-state index in [0.717, 1.165) is 11.3 Å². The number of hydrogen-bond acceptors (Lipinski definition) is 1. The van der Waals surface area contributed by atoms with Gasteiger partial charge in [0.15, 0.2) is 0 Å². The first-order valence-corrected chi connectivity index (χ1v) is 6.17. The van der Waals surface area contributed by atoms with E-state index >= 15 is 0 Å². The second-order valence-electron chi connectivity index (χ2n) is 4.88. The van der Waals surface area contributed by atoms with Crippen molar-refractivity contribution >= 4 is 5.65 Å². The summed E-state index contributed by atoms with van der Waals surface area (Å²) in [6.07, 6.45) is 1.95. The van der Waals surface area contributed by atoms with E-state index in [4.69, 9.17) is 0 Å². The van der Waals surface area contributed by atoms with Gasteiger partial charge in [-0.15, -0.1) is 0 Å². The van der Waals surface area contributed by atoms with E-state index in [1.165, 1.54) is 22.4 Å². The van der Waals surface area contributed by atoms with Crippen molar-refractivity contribution in [2.45, 2.75) is 20.8 Å². The molecule has 90 valence electrons. The Balaban J connectivity index is 2.31. The molecule has 0 spiro atoms. The van der Waals surface area contributed by atoms with Gasteiger partial charge in [0.25, 0.3) is 0 Å². The lowest BCUT2D eigenvalue weighted by Crippen LogP contribution is -1.94. The van der Waals surface area contributed by atoms with Gasteiger partial charge in [0, 0.05) is 11.3 Å². The van der Waals surface area contributed by atoms with Crippen LogP contribution in [-0.4, -0.2) is 9.38 Å². The minimum absolute atomic E-state index is 1.02. The third-order valence-electron chi connectivity index (χ3n) is 3.25. The molecule has 2 nitrogen and oxygen atoms in total. The Hall–Kier alpha value is -2.09. The lowest BCUT2D eigenvalue weighted by molar-refractivity contribution is 1.09. The molecule has 0 aliphatic heterocycles. The molecule has 0 unspecified atom stereocenters. The lowest BCUT2D eigenvalue weighted by atomic mass is 10.1. The number of benzene rings is 1. The zero-order chi connectivity index (χ0) is 12.7. The highest BCUT2D eigenvalue weighted by Crippen LogP contribution is 2.23. The topological polar surface area (TPSA) is 17.3 Å². The van der Waals surface area contributed by atoms with Gasteiger partial charge in [0.05, 0.1) is 11.9 Å². The Labute approximate surface area is 107 Å². The molecule has 1 aromatic carbocycles. The maximum absolute atomic E-state index is 4.51. The first-order valence-electron chi connectivity index (χ1n) is 6.17. The number of rotatable bonds is 1. The predicted molar refractivity (Wildman–Crippen MR) is 74.8 cm³/mol. The summed E-state index contributed by atoms with van der Waals surface area (Å²) in [6.45, 7) is 6.35. The molecular formula is C16H16N2. The molecule has 0 saturated heterocycles. The fourth-order valence-electron chi connectivity index (χ4n) is 2.49. The highest BCUT2D eigenvalue weighted by Gasteiger charge is 2.08. The molecule has 2 heterocycles. The van der Waals surface area contributed by atoms with Crippen molar-refractivity contribution < 1.29 is 0 Å². The molecule has 0 atom stereocenters. The van der Waals surface area contributed by atoms with Crippen molar-refractivity contribution in [2.75, 3.05) is 0 Å². The van der Waals surface area contributed by atoms with Gasteiger partial charge in [-0.3, -0.25) is 4.40 Å². The summed E-state index contributed by atoms with van der Waals surface area (Å²) in [6, 6.07) is 12.8. The van der Waals surface area contributed by atoms with Crippen LogP contribution in [0.25, 0.3) is 16.9 Å². The summed E-state index contributed by atoms with van der Waals surface area (Å²) in [5, 5.41) is 0. The van der Waals surface area contributed by atoms with E-state index in [2.05, 4.69) is 66.6 Å². The average Bonchev–Trinajstić information content (AvgIpc) is 2.72. The normalized spacial score (nSPS) is 11.1. The number of pyridine rings is 1. The maximum Gasteiger partial charge on any atom is 0.137 e. The second kappa shape index (κ2) is 3.98. The lowest BCUT2D eigenvalue weighted by Gasteiger charge is -2.07. The SMILES string of the molecule is Cc1cccc(-c2cnc3cc(C)cc(C)n23)c1. The summed E-state index contributed by atoms with van der Waals surface area (Å²) < 4.78 is 2.21. The van der Waals surface area contributed by atoms with Crippen LogP contribution in [0, 0.1) is 20.8 Å². The van der Waals surface area contributed by atoms with Gasteiger partial charge >= 0.3 is 0 Å². The van der Waals surface area contributed by atoms with E-state index in [0.29, 0.717) is 0 Å². The van der Waals surface area contributed by atoms with Crippen LogP contribution in [0.4, 0.5) is 0 Å². The zero-order valence-corrected chi connectivity index (χ0v) is 10.9. The quantitative estimate of drug-likeness (QED) is 0.626. The zero-order valence-electron chi connectivity index (χ0n) is 10.9. The number of imidazole rings is 1. The van der Waals surface area contributed by atoms with Gasteiger partial charge in [-0.1, -0.05) is 23.8 Å².